The molecule has 0 spiro atoms. The fraction of sp³-hybridized carbons (Fsp3) is 0.750. The summed E-state index contributed by atoms with van der Waals surface area (Å²) in [6.45, 7) is 8.23. The molecule has 2 atom stereocenters. The van der Waals surface area contributed by atoms with Crippen LogP contribution in [0.5, 0.6) is 0 Å². The van der Waals surface area contributed by atoms with Gasteiger partial charge in [-0.25, -0.2) is 0 Å². The van der Waals surface area contributed by atoms with Crippen molar-refractivity contribution in [1.82, 2.24) is 0 Å². The molecule has 0 saturated heterocycles. The van der Waals surface area contributed by atoms with Crippen LogP contribution in [0.15, 0.2) is 17.3 Å². The minimum Gasteiger partial charge on any atom is -0.411 e. The van der Waals surface area contributed by atoms with E-state index in [2.05, 4.69) is 39.7 Å². The van der Waals surface area contributed by atoms with Gasteiger partial charge in [-0.15, -0.1) is 0 Å². The molecule has 0 aromatic rings. The van der Waals surface area contributed by atoms with Crippen molar-refractivity contribution in [2.45, 2.75) is 38.6 Å². The van der Waals surface area contributed by atoms with Crippen molar-refractivity contribution in [2.75, 3.05) is 14.1 Å². The number of oxime groups is 1. The predicted octanol–water partition coefficient (Wildman–Crippen LogP) is 1.10. The van der Waals surface area contributed by atoms with Gasteiger partial charge in [0.2, 0.25) is 0 Å². The Morgan fingerprint density at radius 3 is 2.60 bits per heavy atom. The number of quaternary nitrogens is 1. The third-order valence-electron chi connectivity index (χ3n) is 3.99. The molecule has 1 fully saturated rings. The van der Waals surface area contributed by atoms with Crippen LogP contribution in [0.25, 0.3) is 0 Å². The summed E-state index contributed by atoms with van der Waals surface area (Å²) in [5, 5.41) is 12.6. The molecule has 86 valence electrons. The third-order valence-corrected chi connectivity index (χ3v) is 3.99. The van der Waals surface area contributed by atoms with Gasteiger partial charge in [0.1, 0.15) is 11.3 Å². The van der Waals surface area contributed by atoms with Crippen LogP contribution in [0.2, 0.25) is 0 Å². The van der Waals surface area contributed by atoms with Crippen molar-refractivity contribution in [2.24, 2.45) is 11.1 Å². The number of hydrogen-bond donors (Lipinski definition) is 2. The lowest BCUT2D eigenvalue weighted by Gasteiger charge is -2.39. The molecule has 0 heterocycles. The highest BCUT2D eigenvalue weighted by molar-refractivity contribution is 5.92. The Hall–Kier alpha value is -0.830. The van der Waals surface area contributed by atoms with Crippen LogP contribution < -0.4 is 4.90 Å². The quantitative estimate of drug-likeness (QED) is 0.400. The molecule has 0 aromatic heterocycles. The van der Waals surface area contributed by atoms with Crippen LogP contribution in [0.3, 0.4) is 0 Å². The van der Waals surface area contributed by atoms with Gasteiger partial charge in [-0.1, -0.05) is 17.3 Å². The summed E-state index contributed by atoms with van der Waals surface area (Å²) >= 11 is 0. The molecule has 1 saturated carbocycles. The van der Waals surface area contributed by atoms with Gasteiger partial charge < -0.3 is 10.1 Å². The minimum atomic E-state index is -0.0132. The highest BCUT2D eigenvalue weighted by Gasteiger charge is 2.42. The van der Waals surface area contributed by atoms with E-state index < -0.39 is 0 Å². The van der Waals surface area contributed by atoms with E-state index in [-0.39, 0.29) is 5.54 Å². The molecule has 0 unspecified atom stereocenters. The first-order valence-corrected chi connectivity index (χ1v) is 5.59. The maximum atomic E-state index is 9.12. The molecule has 0 bridgehead atoms. The van der Waals surface area contributed by atoms with Gasteiger partial charge in [0.15, 0.2) is 0 Å². The molecular formula is C12H23N2O+. The molecule has 15 heavy (non-hydrogen) atoms. The standard InChI is InChI=1S/C12H22N2O/c1-9(2)10-6-7-12(3,14(4)5)11(8-10)13-15/h10,15H,1,6-8H2,2-5H3/p+1/b13-11-/t10-,12-/m0/s1. The maximum absolute atomic E-state index is 9.12. The minimum absolute atomic E-state index is 0.0132. The van der Waals surface area contributed by atoms with Crippen LogP contribution in [-0.4, -0.2) is 30.6 Å². The van der Waals surface area contributed by atoms with Crippen molar-refractivity contribution >= 4 is 5.71 Å². The normalized spacial score (nSPS) is 34.7. The monoisotopic (exact) mass is 211 g/mol. The number of allylic oxidation sites excluding steroid dienone is 1. The van der Waals surface area contributed by atoms with Gasteiger partial charge in [0, 0.05) is 12.8 Å². The van der Waals surface area contributed by atoms with E-state index in [4.69, 9.17) is 5.21 Å². The van der Waals surface area contributed by atoms with E-state index in [0.29, 0.717) is 5.92 Å². The summed E-state index contributed by atoms with van der Waals surface area (Å²) < 4.78 is 0. The molecule has 0 amide bonds. The Labute approximate surface area is 92.5 Å². The smallest absolute Gasteiger partial charge is 0.136 e. The van der Waals surface area contributed by atoms with Crippen molar-refractivity contribution < 1.29 is 10.1 Å². The van der Waals surface area contributed by atoms with Crippen molar-refractivity contribution in [1.29, 1.82) is 0 Å². The Balaban J connectivity index is 2.87. The number of rotatable bonds is 2. The fourth-order valence-electron chi connectivity index (χ4n) is 2.28. The van der Waals surface area contributed by atoms with Crippen molar-refractivity contribution in [3.05, 3.63) is 12.2 Å². The molecule has 0 radical (unpaired) electrons. The number of nitrogens with one attached hydrogen (secondary N) is 1. The van der Waals surface area contributed by atoms with Gasteiger partial charge in [0.05, 0.1) is 14.1 Å². The Morgan fingerprint density at radius 1 is 1.60 bits per heavy atom. The highest BCUT2D eigenvalue weighted by atomic mass is 16.4. The van der Waals surface area contributed by atoms with Gasteiger partial charge in [-0.3, -0.25) is 0 Å². The lowest BCUT2D eigenvalue weighted by atomic mass is 9.73. The molecular weight excluding hydrogens is 188 g/mol. The average molecular weight is 211 g/mol. The summed E-state index contributed by atoms with van der Waals surface area (Å²) in [5.74, 6) is 0.489. The lowest BCUT2D eigenvalue weighted by Crippen LogP contribution is -3.16. The molecule has 0 aromatic carbocycles. The predicted molar refractivity (Wildman–Crippen MR) is 62.6 cm³/mol. The van der Waals surface area contributed by atoms with E-state index in [1.165, 1.54) is 10.5 Å². The largest absolute Gasteiger partial charge is 0.411 e. The molecule has 1 rings (SSSR count). The highest BCUT2D eigenvalue weighted by Crippen LogP contribution is 2.31. The van der Waals surface area contributed by atoms with Gasteiger partial charge >= 0.3 is 0 Å². The van der Waals surface area contributed by atoms with Gasteiger partial charge in [-0.05, 0) is 26.2 Å². The topological polar surface area (TPSA) is 37.0 Å². The zero-order chi connectivity index (χ0) is 11.6. The lowest BCUT2D eigenvalue weighted by molar-refractivity contribution is -0.901. The van der Waals surface area contributed by atoms with Gasteiger partial charge in [0.25, 0.3) is 0 Å². The Bertz CT molecular complexity index is 283. The third kappa shape index (κ3) is 2.23. The van der Waals surface area contributed by atoms with E-state index in [1.54, 1.807) is 0 Å². The SMILES string of the molecule is C=C(C)[C@H]1CC[C@](C)([NH+](C)C)/C(=N\O)C1. The van der Waals surface area contributed by atoms with Crippen LogP contribution in [0, 0.1) is 5.92 Å². The summed E-state index contributed by atoms with van der Waals surface area (Å²) in [6, 6.07) is 0. The fourth-order valence-corrected chi connectivity index (χ4v) is 2.28. The van der Waals surface area contributed by atoms with Crippen LogP contribution in [-0.2, 0) is 0 Å². The number of nitrogens with zero attached hydrogens (tertiary/aromatic N) is 1. The summed E-state index contributed by atoms with van der Waals surface area (Å²) in [4.78, 5) is 1.33. The second kappa shape index (κ2) is 4.35. The second-order valence-corrected chi connectivity index (χ2v) is 5.16. The van der Waals surface area contributed by atoms with E-state index >= 15 is 0 Å². The Morgan fingerprint density at radius 2 is 2.20 bits per heavy atom. The molecule has 0 aliphatic heterocycles. The first-order chi connectivity index (χ1) is 6.91. The van der Waals surface area contributed by atoms with Crippen molar-refractivity contribution in [3.63, 3.8) is 0 Å². The summed E-state index contributed by atoms with van der Waals surface area (Å²) in [7, 11) is 4.23. The zero-order valence-corrected chi connectivity index (χ0v) is 10.3. The molecule has 2 N–H and O–H groups in total. The second-order valence-electron chi connectivity index (χ2n) is 5.16. The summed E-state index contributed by atoms with van der Waals surface area (Å²) in [5.41, 5.74) is 2.11. The molecule has 3 nitrogen and oxygen atoms in total. The number of hydrogen-bond acceptors (Lipinski definition) is 2. The zero-order valence-electron chi connectivity index (χ0n) is 10.3. The average Bonchev–Trinajstić information content (AvgIpc) is 2.17. The summed E-state index contributed by atoms with van der Waals surface area (Å²) in [6.07, 6.45) is 3.07. The van der Waals surface area contributed by atoms with E-state index in [0.717, 1.165) is 25.0 Å². The first kappa shape index (κ1) is 12.2. The molecule has 3 heteroatoms. The van der Waals surface area contributed by atoms with Crippen LogP contribution in [0.1, 0.15) is 33.1 Å². The molecule has 1 aliphatic rings. The van der Waals surface area contributed by atoms with E-state index in [9.17, 15) is 0 Å². The van der Waals surface area contributed by atoms with E-state index in [1.807, 2.05) is 0 Å². The van der Waals surface area contributed by atoms with Crippen molar-refractivity contribution in [3.8, 4) is 0 Å². The molecule has 1 aliphatic carbocycles. The van der Waals surface area contributed by atoms with Crippen LogP contribution >= 0.6 is 0 Å². The maximum Gasteiger partial charge on any atom is 0.136 e. The van der Waals surface area contributed by atoms with Crippen LogP contribution in [0.4, 0.5) is 0 Å². The van der Waals surface area contributed by atoms with Gasteiger partial charge in [-0.2, -0.15) is 0 Å². The first-order valence-electron chi connectivity index (χ1n) is 5.59. The Kier molecular flexibility index (Phi) is 3.55.